The topological polar surface area (TPSA) is 144 Å². The maximum Gasteiger partial charge on any atom is 0.271 e. The highest BCUT2D eigenvalue weighted by Gasteiger charge is 2.24. The van der Waals surface area contributed by atoms with Gasteiger partial charge in [-0.25, -0.2) is 9.37 Å². The summed E-state index contributed by atoms with van der Waals surface area (Å²) in [5.41, 5.74) is 7.02. The van der Waals surface area contributed by atoms with E-state index in [1.54, 1.807) is 35.9 Å². The minimum absolute atomic E-state index is 0.0246. The van der Waals surface area contributed by atoms with Gasteiger partial charge >= 0.3 is 0 Å². The normalized spacial score (nSPS) is 11.8. The van der Waals surface area contributed by atoms with Gasteiger partial charge in [0.2, 0.25) is 5.91 Å². The summed E-state index contributed by atoms with van der Waals surface area (Å²) in [6, 6.07) is 6.36. The molecule has 0 aliphatic heterocycles. The van der Waals surface area contributed by atoms with E-state index in [1.165, 1.54) is 29.8 Å². The second-order valence-electron chi connectivity index (χ2n) is 7.13. The average Bonchev–Trinajstić information content (AvgIpc) is 3.49. The number of nitrogens with two attached hydrogens (primary N) is 1. The van der Waals surface area contributed by atoms with Gasteiger partial charge in [0.15, 0.2) is 0 Å². The van der Waals surface area contributed by atoms with Crippen LogP contribution in [0.5, 0.6) is 0 Å². The molecule has 4 aromatic rings. The van der Waals surface area contributed by atoms with E-state index in [0.29, 0.717) is 16.7 Å². The maximum absolute atomic E-state index is 13.5. The van der Waals surface area contributed by atoms with Gasteiger partial charge < -0.3 is 16.4 Å². The van der Waals surface area contributed by atoms with Crippen molar-refractivity contribution in [2.45, 2.75) is 19.5 Å². The van der Waals surface area contributed by atoms with Crippen molar-refractivity contribution in [2.75, 3.05) is 0 Å². The lowest BCUT2D eigenvalue weighted by atomic mass is 10.1. The predicted molar refractivity (Wildman–Crippen MR) is 117 cm³/mol. The quantitative estimate of drug-likeness (QED) is 0.376. The molecule has 3 amide bonds. The summed E-state index contributed by atoms with van der Waals surface area (Å²) in [7, 11) is 0. The third-order valence-corrected chi connectivity index (χ3v) is 5.53. The number of nitrogens with one attached hydrogen (secondary N) is 2. The molecule has 0 spiro atoms. The lowest BCUT2D eigenvalue weighted by molar-refractivity contribution is -0.120. The van der Waals surface area contributed by atoms with Crippen LogP contribution in [0.25, 0.3) is 5.78 Å². The fraction of sp³-hybridized carbons (Fsp3) is 0.143. The van der Waals surface area contributed by atoms with E-state index in [2.05, 4.69) is 25.7 Å². The monoisotopic (exact) mass is 467 g/mol. The number of thiophene rings is 1. The molecule has 12 heteroatoms. The molecule has 0 aliphatic carbocycles. The van der Waals surface area contributed by atoms with Crippen LogP contribution in [0.15, 0.2) is 47.4 Å². The van der Waals surface area contributed by atoms with Crippen LogP contribution in [-0.4, -0.2) is 37.3 Å². The molecule has 4 rings (SSSR count). The maximum atomic E-state index is 13.5. The number of halogens is 1. The van der Waals surface area contributed by atoms with Gasteiger partial charge in [-0.3, -0.25) is 14.4 Å². The Hall–Kier alpha value is -4.19. The average molecular weight is 467 g/mol. The summed E-state index contributed by atoms with van der Waals surface area (Å²) in [6.07, 6.45) is 1.19. The highest BCUT2D eigenvalue weighted by Crippen LogP contribution is 2.17. The molecule has 3 aromatic heterocycles. The Morgan fingerprint density at radius 2 is 2.03 bits per heavy atom. The zero-order valence-corrected chi connectivity index (χ0v) is 18.1. The van der Waals surface area contributed by atoms with Crippen LogP contribution in [0.2, 0.25) is 0 Å². The summed E-state index contributed by atoms with van der Waals surface area (Å²) < 4.78 is 14.6. The molecular formula is C21H18FN7O3S. The van der Waals surface area contributed by atoms with Gasteiger partial charge in [-0.05, 0) is 46.5 Å². The zero-order valence-electron chi connectivity index (χ0n) is 17.3. The van der Waals surface area contributed by atoms with E-state index in [9.17, 15) is 18.8 Å². The van der Waals surface area contributed by atoms with Gasteiger partial charge in [-0.2, -0.15) is 25.9 Å². The molecule has 0 unspecified atom stereocenters. The fourth-order valence-corrected chi connectivity index (χ4v) is 3.83. The molecule has 0 bridgehead atoms. The first-order valence-corrected chi connectivity index (χ1v) is 10.6. The molecule has 4 N–H and O–H groups in total. The van der Waals surface area contributed by atoms with Crippen LogP contribution in [-0.2, 0) is 11.3 Å². The Balaban J connectivity index is 1.58. The number of carbonyl (C=O) groups is 3. The summed E-state index contributed by atoms with van der Waals surface area (Å²) >= 11 is 1.35. The fourth-order valence-electron chi connectivity index (χ4n) is 3.14. The molecule has 1 atom stereocenters. The van der Waals surface area contributed by atoms with Crippen molar-refractivity contribution >= 4 is 34.8 Å². The Morgan fingerprint density at radius 3 is 2.73 bits per heavy atom. The lowest BCUT2D eigenvalue weighted by Crippen LogP contribution is -2.38. The van der Waals surface area contributed by atoms with Crippen molar-refractivity contribution < 1.29 is 18.8 Å². The van der Waals surface area contributed by atoms with Crippen molar-refractivity contribution in [3.63, 3.8) is 0 Å². The van der Waals surface area contributed by atoms with Gasteiger partial charge in [0.25, 0.3) is 17.6 Å². The molecule has 168 valence electrons. The van der Waals surface area contributed by atoms with Crippen LogP contribution in [0.1, 0.15) is 43.7 Å². The summed E-state index contributed by atoms with van der Waals surface area (Å²) in [5.74, 6) is -2.31. The largest absolute Gasteiger partial charge is 0.368 e. The number of nitrogens with zero attached hydrogens (tertiary/aromatic N) is 4. The minimum atomic E-state index is -1.06. The number of primary amides is 1. The molecule has 0 radical (unpaired) electrons. The molecule has 0 aliphatic rings. The highest BCUT2D eigenvalue weighted by molar-refractivity contribution is 7.08. The molecule has 33 heavy (non-hydrogen) atoms. The third kappa shape index (κ3) is 4.70. The highest BCUT2D eigenvalue weighted by atomic mass is 32.1. The number of hydrogen-bond donors (Lipinski definition) is 3. The predicted octanol–water partition coefficient (Wildman–Crippen LogP) is 1.52. The Labute approximate surface area is 190 Å². The van der Waals surface area contributed by atoms with E-state index in [4.69, 9.17) is 5.73 Å². The number of rotatable bonds is 7. The van der Waals surface area contributed by atoms with Crippen LogP contribution in [0.3, 0.4) is 0 Å². The molecule has 10 nitrogen and oxygen atoms in total. The molecule has 0 saturated carbocycles. The van der Waals surface area contributed by atoms with Crippen molar-refractivity contribution in [1.82, 2.24) is 30.2 Å². The van der Waals surface area contributed by atoms with E-state index < -0.39 is 23.8 Å². The first kappa shape index (κ1) is 22.0. The summed E-state index contributed by atoms with van der Waals surface area (Å²) in [6.45, 7) is 1.75. The number of amides is 3. The van der Waals surface area contributed by atoms with E-state index in [1.807, 2.05) is 0 Å². The number of aryl methyl sites for hydroxylation is 1. The second kappa shape index (κ2) is 9.12. The van der Waals surface area contributed by atoms with Gasteiger partial charge in [0.05, 0.1) is 0 Å². The van der Waals surface area contributed by atoms with Gasteiger partial charge in [-0.15, -0.1) is 0 Å². The number of hydrogen-bond acceptors (Lipinski definition) is 7. The first-order chi connectivity index (χ1) is 15.8. The number of benzene rings is 1. The molecule has 3 heterocycles. The minimum Gasteiger partial charge on any atom is -0.368 e. The van der Waals surface area contributed by atoms with Crippen LogP contribution in [0, 0.1) is 12.7 Å². The third-order valence-electron chi connectivity index (χ3n) is 4.83. The molecule has 1 aromatic carbocycles. The number of carbonyl (C=O) groups excluding carboxylic acids is 3. The van der Waals surface area contributed by atoms with Crippen molar-refractivity contribution in [1.29, 1.82) is 0 Å². The zero-order chi connectivity index (χ0) is 23.5. The Morgan fingerprint density at radius 1 is 1.21 bits per heavy atom. The van der Waals surface area contributed by atoms with Crippen LogP contribution >= 0.6 is 11.3 Å². The smallest absolute Gasteiger partial charge is 0.271 e. The van der Waals surface area contributed by atoms with E-state index in [0.717, 1.165) is 4.52 Å². The van der Waals surface area contributed by atoms with E-state index in [-0.39, 0.29) is 29.5 Å². The lowest BCUT2D eigenvalue weighted by Gasteiger charge is -2.15. The van der Waals surface area contributed by atoms with Gasteiger partial charge in [0.1, 0.15) is 29.6 Å². The first-order valence-electron chi connectivity index (χ1n) is 9.70. The van der Waals surface area contributed by atoms with Crippen molar-refractivity contribution in [3.05, 3.63) is 81.3 Å². The van der Waals surface area contributed by atoms with Crippen LogP contribution in [0.4, 0.5) is 4.39 Å². The summed E-state index contributed by atoms with van der Waals surface area (Å²) in [4.78, 5) is 45.7. The Bertz CT molecular complexity index is 1350. The standard InChI is InChI=1S/C21H18FN7O3S/c1-11-6-12(2-3-14(11)22)8-24-19(31)15-7-16(29-21(27-15)25-10-26-29)20(32)28-17(18(23)30)13-4-5-33-9-13/h2-7,9-10,17H,8H2,1H3,(H2,23,30)(H,24,31)(H,28,32)/t17-/m1/s1. The SMILES string of the molecule is Cc1cc(CNC(=O)c2cc(C(=O)N[C@@H](C(N)=O)c3ccsc3)n3ncnc3n2)ccc1F. The number of fused-ring (bicyclic) bond motifs is 1. The Kier molecular flexibility index (Phi) is 6.09. The van der Waals surface area contributed by atoms with Crippen molar-refractivity contribution in [2.24, 2.45) is 5.73 Å². The van der Waals surface area contributed by atoms with E-state index >= 15 is 0 Å². The second-order valence-corrected chi connectivity index (χ2v) is 7.91. The van der Waals surface area contributed by atoms with Gasteiger partial charge in [0, 0.05) is 12.6 Å². The van der Waals surface area contributed by atoms with Gasteiger partial charge in [-0.1, -0.05) is 12.1 Å². The molecular weight excluding hydrogens is 449 g/mol. The van der Waals surface area contributed by atoms with Crippen molar-refractivity contribution in [3.8, 4) is 0 Å². The summed E-state index contributed by atoms with van der Waals surface area (Å²) in [5, 5.41) is 12.7. The number of aromatic nitrogens is 4. The molecule has 0 saturated heterocycles. The molecule has 0 fully saturated rings. The van der Waals surface area contributed by atoms with Crippen LogP contribution < -0.4 is 16.4 Å².